The van der Waals surface area contributed by atoms with Crippen LogP contribution >= 0.6 is 0 Å². The van der Waals surface area contributed by atoms with Gasteiger partial charge in [0.1, 0.15) is 0 Å². The first-order chi connectivity index (χ1) is 8.82. The maximum Gasteiger partial charge on any atom is 0.0817 e. The molecule has 0 radical (unpaired) electrons. The van der Waals surface area contributed by atoms with Gasteiger partial charge < -0.3 is 19.8 Å². The Balaban J connectivity index is 1.83. The van der Waals surface area contributed by atoms with Gasteiger partial charge in [0.25, 0.3) is 0 Å². The average Bonchev–Trinajstić information content (AvgIpc) is 2.56. The van der Waals surface area contributed by atoms with Crippen LogP contribution in [0.25, 0.3) is 0 Å². The lowest BCUT2D eigenvalue weighted by Crippen LogP contribution is -2.47. The molecule has 2 rings (SSSR count). The van der Waals surface area contributed by atoms with Crippen molar-refractivity contribution in [1.82, 2.24) is 4.90 Å². The van der Waals surface area contributed by atoms with Crippen LogP contribution in [-0.2, 0) is 4.74 Å². The molecule has 1 aliphatic carbocycles. The van der Waals surface area contributed by atoms with E-state index in [1.807, 2.05) is 7.05 Å². The van der Waals surface area contributed by atoms with Gasteiger partial charge in [-0.25, -0.2) is 0 Å². The first kappa shape index (κ1) is 15.2. The summed E-state index contributed by atoms with van der Waals surface area (Å²) in [7, 11) is 2.05. The highest BCUT2D eigenvalue weighted by Gasteiger charge is 2.41. The number of aliphatic hydroxyl groups excluding tert-OH is 1. The van der Waals surface area contributed by atoms with Crippen LogP contribution in [0.15, 0.2) is 0 Å². The fraction of sp³-hybridized carbons (Fsp3) is 1.00. The van der Waals surface area contributed by atoms with Gasteiger partial charge in [-0.15, -0.1) is 0 Å². The summed E-state index contributed by atoms with van der Waals surface area (Å²) in [5.74, 6) is 0.337. The van der Waals surface area contributed by atoms with E-state index in [0.717, 1.165) is 32.2 Å². The summed E-state index contributed by atoms with van der Waals surface area (Å²) < 4.78 is 5.31. The van der Waals surface area contributed by atoms with Gasteiger partial charge in [0.2, 0.25) is 0 Å². The molecule has 2 unspecified atom stereocenters. The number of nitrogens with zero attached hydrogens (tertiary/aromatic N) is 1. The van der Waals surface area contributed by atoms with Crippen LogP contribution in [0.4, 0.5) is 0 Å². The van der Waals surface area contributed by atoms with Crippen molar-refractivity contribution < 1.29 is 14.9 Å². The van der Waals surface area contributed by atoms with Crippen molar-refractivity contribution in [3.63, 3.8) is 0 Å². The van der Waals surface area contributed by atoms with Crippen LogP contribution in [0.5, 0.6) is 0 Å². The molecule has 0 aromatic carbocycles. The summed E-state index contributed by atoms with van der Waals surface area (Å²) in [4.78, 5) is 2.18. The molecule has 112 valence electrons. The minimum atomic E-state index is -0.605. The largest absolute Gasteiger partial charge is 0.392 e. The number of hydrogen-bond donors (Lipinski definition) is 2. The van der Waals surface area contributed by atoms with Crippen molar-refractivity contribution in [2.24, 2.45) is 11.3 Å². The smallest absolute Gasteiger partial charge is 0.0817 e. The zero-order valence-electron chi connectivity index (χ0n) is 12.6. The van der Waals surface area contributed by atoms with Gasteiger partial charge in [-0.1, -0.05) is 13.8 Å². The number of aliphatic hydroxyl groups is 2. The molecule has 1 saturated carbocycles. The molecule has 2 fully saturated rings. The van der Waals surface area contributed by atoms with Crippen LogP contribution in [0.3, 0.4) is 0 Å². The standard InChI is InChI=1S/C15H29NO3/c1-14(2)5-4-12(13(14)17)10-16(3)11-15(18)6-8-19-9-7-15/h12-13,17-18H,4-11H2,1-3H3. The van der Waals surface area contributed by atoms with Crippen molar-refractivity contribution >= 4 is 0 Å². The van der Waals surface area contributed by atoms with E-state index in [1.165, 1.54) is 0 Å². The molecule has 4 heteroatoms. The third-order valence-corrected chi connectivity index (χ3v) is 4.94. The number of rotatable bonds is 4. The molecule has 2 atom stereocenters. The number of hydrogen-bond acceptors (Lipinski definition) is 4. The highest BCUT2D eigenvalue weighted by atomic mass is 16.5. The Morgan fingerprint density at radius 3 is 2.37 bits per heavy atom. The van der Waals surface area contributed by atoms with E-state index in [2.05, 4.69) is 18.7 Å². The molecule has 1 heterocycles. The van der Waals surface area contributed by atoms with E-state index >= 15 is 0 Å². The quantitative estimate of drug-likeness (QED) is 0.808. The summed E-state index contributed by atoms with van der Waals surface area (Å²) in [6.45, 7) is 7.15. The fourth-order valence-corrected chi connectivity index (χ4v) is 3.57. The van der Waals surface area contributed by atoms with E-state index in [1.54, 1.807) is 0 Å². The van der Waals surface area contributed by atoms with Gasteiger partial charge in [-0.05, 0) is 31.2 Å². The van der Waals surface area contributed by atoms with Gasteiger partial charge in [0, 0.05) is 39.1 Å². The molecule has 2 N–H and O–H groups in total. The number of ether oxygens (including phenoxy) is 1. The monoisotopic (exact) mass is 271 g/mol. The molecule has 0 bridgehead atoms. The zero-order chi connectivity index (χ0) is 14.1. The van der Waals surface area contributed by atoms with Crippen molar-refractivity contribution in [2.75, 3.05) is 33.4 Å². The third kappa shape index (κ3) is 3.69. The summed E-state index contributed by atoms with van der Waals surface area (Å²) >= 11 is 0. The lowest BCUT2D eigenvalue weighted by Gasteiger charge is -2.37. The second kappa shape index (κ2) is 5.68. The first-order valence-electron chi connectivity index (χ1n) is 7.49. The highest BCUT2D eigenvalue weighted by Crippen LogP contribution is 2.41. The molecule has 0 spiro atoms. The minimum Gasteiger partial charge on any atom is -0.392 e. The topological polar surface area (TPSA) is 52.9 Å². The Kier molecular flexibility index (Phi) is 4.56. The van der Waals surface area contributed by atoms with E-state index < -0.39 is 5.60 Å². The van der Waals surface area contributed by atoms with Gasteiger partial charge in [-0.2, -0.15) is 0 Å². The van der Waals surface area contributed by atoms with Crippen LogP contribution in [0.2, 0.25) is 0 Å². The van der Waals surface area contributed by atoms with Crippen LogP contribution in [0, 0.1) is 11.3 Å². The molecule has 1 aliphatic heterocycles. The van der Waals surface area contributed by atoms with E-state index in [0.29, 0.717) is 25.7 Å². The summed E-state index contributed by atoms with van der Waals surface area (Å²) in [5.41, 5.74) is -0.562. The van der Waals surface area contributed by atoms with Gasteiger partial charge >= 0.3 is 0 Å². The van der Waals surface area contributed by atoms with E-state index in [-0.39, 0.29) is 11.5 Å². The highest BCUT2D eigenvalue weighted by molar-refractivity contribution is 4.93. The summed E-state index contributed by atoms with van der Waals surface area (Å²) in [6, 6.07) is 0. The van der Waals surface area contributed by atoms with Crippen LogP contribution in [-0.4, -0.2) is 60.2 Å². The van der Waals surface area contributed by atoms with Gasteiger partial charge in [0.15, 0.2) is 0 Å². The van der Waals surface area contributed by atoms with Crippen LogP contribution in [0.1, 0.15) is 39.5 Å². The SMILES string of the molecule is CN(CC1CCC(C)(C)C1O)CC1(O)CCOCC1. The molecule has 0 aromatic heterocycles. The van der Waals surface area contributed by atoms with Crippen molar-refractivity contribution in [3.8, 4) is 0 Å². The molecule has 19 heavy (non-hydrogen) atoms. The molecule has 0 aromatic rings. The number of likely N-dealkylation sites (N-methyl/N-ethyl adjacent to an activating group) is 1. The molecule has 1 saturated heterocycles. The average molecular weight is 271 g/mol. The second-order valence-electron chi connectivity index (χ2n) is 7.27. The molecular weight excluding hydrogens is 242 g/mol. The lowest BCUT2D eigenvalue weighted by atomic mass is 9.87. The fourth-order valence-electron chi connectivity index (χ4n) is 3.57. The predicted octanol–water partition coefficient (Wildman–Crippen LogP) is 1.26. The van der Waals surface area contributed by atoms with Crippen molar-refractivity contribution in [3.05, 3.63) is 0 Å². The van der Waals surface area contributed by atoms with E-state index in [4.69, 9.17) is 4.74 Å². The molecular formula is C15H29NO3. The van der Waals surface area contributed by atoms with Gasteiger partial charge in [-0.3, -0.25) is 0 Å². The molecule has 4 nitrogen and oxygen atoms in total. The van der Waals surface area contributed by atoms with Crippen molar-refractivity contribution in [1.29, 1.82) is 0 Å². The first-order valence-corrected chi connectivity index (χ1v) is 7.49. The maximum absolute atomic E-state index is 10.5. The Morgan fingerprint density at radius 1 is 1.21 bits per heavy atom. The summed E-state index contributed by atoms with van der Waals surface area (Å²) in [6.07, 6.45) is 3.39. The van der Waals surface area contributed by atoms with Crippen molar-refractivity contribution in [2.45, 2.75) is 51.2 Å². The normalized spacial score (nSPS) is 33.8. The predicted molar refractivity (Wildman–Crippen MR) is 75.0 cm³/mol. The Bertz CT molecular complexity index is 300. The van der Waals surface area contributed by atoms with E-state index in [9.17, 15) is 10.2 Å². The minimum absolute atomic E-state index is 0.0427. The maximum atomic E-state index is 10.5. The van der Waals surface area contributed by atoms with Gasteiger partial charge in [0.05, 0.1) is 11.7 Å². The Morgan fingerprint density at radius 2 is 1.84 bits per heavy atom. The lowest BCUT2D eigenvalue weighted by molar-refractivity contribution is -0.0801. The second-order valence-corrected chi connectivity index (χ2v) is 7.27. The zero-order valence-corrected chi connectivity index (χ0v) is 12.6. The van der Waals surface area contributed by atoms with Crippen LogP contribution < -0.4 is 0 Å². The third-order valence-electron chi connectivity index (χ3n) is 4.94. The Labute approximate surface area is 116 Å². The Hall–Kier alpha value is -0.160. The molecule has 0 amide bonds. The summed E-state index contributed by atoms with van der Waals surface area (Å²) in [5, 5.41) is 20.8. The molecule has 2 aliphatic rings.